The Balaban J connectivity index is 2.52. The van der Waals surface area contributed by atoms with Crippen LogP contribution < -0.4 is 5.32 Å². The summed E-state index contributed by atoms with van der Waals surface area (Å²) in [6, 6.07) is 10.1. The van der Waals surface area contributed by atoms with Gasteiger partial charge in [-0.3, -0.25) is 0 Å². The van der Waals surface area contributed by atoms with Crippen molar-refractivity contribution in [3.8, 4) is 0 Å². The van der Waals surface area contributed by atoms with Gasteiger partial charge in [-0.15, -0.1) is 0 Å². The van der Waals surface area contributed by atoms with E-state index in [1.165, 1.54) is 12.8 Å². The van der Waals surface area contributed by atoms with Crippen LogP contribution in [0.15, 0.2) is 30.3 Å². The summed E-state index contributed by atoms with van der Waals surface area (Å²) in [7, 11) is 1.89. The Bertz CT molecular complexity index is 349. The van der Waals surface area contributed by atoms with Crippen LogP contribution in [0.5, 0.6) is 0 Å². The first-order valence-electron chi connectivity index (χ1n) is 7.61. The molecule has 0 amide bonds. The van der Waals surface area contributed by atoms with E-state index in [4.69, 9.17) is 4.74 Å². The van der Waals surface area contributed by atoms with Gasteiger partial charge in [-0.05, 0) is 31.4 Å². The molecule has 0 saturated heterocycles. The predicted molar refractivity (Wildman–Crippen MR) is 83.8 cm³/mol. The molecule has 0 bridgehead atoms. The van der Waals surface area contributed by atoms with Crippen molar-refractivity contribution >= 4 is 0 Å². The molecule has 1 rings (SSSR count). The highest BCUT2D eigenvalue weighted by Gasteiger charge is 2.29. The van der Waals surface area contributed by atoms with Gasteiger partial charge in [0.1, 0.15) is 0 Å². The molecule has 20 heavy (non-hydrogen) atoms. The molecule has 2 unspecified atom stereocenters. The number of aliphatic hydroxyl groups excluding tert-OH is 1. The summed E-state index contributed by atoms with van der Waals surface area (Å²) in [6.07, 6.45) is 3.17. The van der Waals surface area contributed by atoms with Crippen molar-refractivity contribution in [2.45, 2.75) is 38.6 Å². The van der Waals surface area contributed by atoms with Gasteiger partial charge in [0, 0.05) is 13.2 Å². The second-order valence-electron chi connectivity index (χ2n) is 5.58. The van der Waals surface area contributed by atoms with Crippen molar-refractivity contribution in [1.82, 2.24) is 5.32 Å². The van der Waals surface area contributed by atoms with Crippen molar-refractivity contribution in [2.24, 2.45) is 5.92 Å². The van der Waals surface area contributed by atoms with Crippen LogP contribution >= 0.6 is 0 Å². The number of ether oxygens (including phenoxy) is 1. The minimum Gasteiger partial charge on any atom is -0.394 e. The van der Waals surface area contributed by atoms with E-state index in [1.54, 1.807) is 0 Å². The maximum atomic E-state index is 9.80. The van der Waals surface area contributed by atoms with Crippen LogP contribution in [0.3, 0.4) is 0 Å². The number of likely N-dealkylation sites (N-methyl/N-ethyl adjacent to an activating group) is 1. The van der Waals surface area contributed by atoms with Crippen LogP contribution in [0.4, 0.5) is 0 Å². The zero-order valence-corrected chi connectivity index (χ0v) is 13.1. The molecule has 0 aliphatic carbocycles. The minimum absolute atomic E-state index is 0.0708. The molecular weight excluding hydrogens is 250 g/mol. The van der Waals surface area contributed by atoms with Gasteiger partial charge in [0.05, 0.1) is 12.1 Å². The first kappa shape index (κ1) is 17.2. The van der Waals surface area contributed by atoms with Gasteiger partial charge in [0.25, 0.3) is 0 Å². The monoisotopic (exact) mass is 279 g/mol. The third-order valence-electron chi connectivity index (χ3n) is 3.93. The minimum atomic E-state index is -0.407. The molecule has 1 aromatic carbocycles. The smallest absolute Gasteiger partial charge is 0.0688 e. The fourth-order valence-corrected chi connectivity index (χ4v) is 2.53. The van der Waals surface area contributed by atoms with Gasteiger partial charge in [-0.1, -0.05) is 50.6 Å². The average Bonchev–Trinajstić information content (AvgIpc) is 2.49. The second kappa shape index (κ2) is 9.11. The molecule has 0 radical (unpaired) electrons. The zero-order valence-electron chi connectivity index (χ0n) is 13.1. The SMILES string of the molecule is CCCC(C)COCCC(CO)(NC)c1ccccc1. The molecule has 0 heterocycles. The predicted octanol–water partition coefficient (Wildman–Crippen LogP) is 2.94. The number of hydrogen-bond acceptors (Lipinski definition) is 3. The molecular formula is C17H29NO2. The molecule has 2 N–H and O–H groups in total. The molecule has 2 atom stereocenters. The van der Waals surface area contributed by atoms with E-state index >= 15 is 0 Å². The summed E-state index contributed by atoms with van der Waals surface area (Å²) in [5.41, 5.74) is 0.699. The number of rotatable bonds is 10. The fraction of sp³-hybridized carbons (Fsp3) is 0.647. The average molecular weight is 279 g/mol. The molecule has 0 saturated carbocycles. The van der Waals surface area contributed by atoms with E-state index in [-0.39, 0.29) is 6.61 Å². The molecule has 0 aliphatic rings. The highest BCUT2D eigenvalue weighted by Crippen LogP contribution is 2.24. The quantitative estimate of drug-likeness (QED) is 0.647. The van der Waals surface area contributed by atoms with Crippen LogP contribution in [-0.2, 0) is 10.3 Å². The van der Waals surface area contributed by atoms with Crippen LogP contribution in [0.2, 0.25) is 0 Å². The number of benzene rings is 1. The highest BCUT2D eigenvalue weighted by molar-refractivity contribution is 5.24. The van der Waals surface area contributed by atoms with E-state index in [0.717, 1.165) is 18.6 Å². The normalized spacial score (nSPS) is 15.8. The van der Waals surface area contributed by atoms with Crippen LogP contribution in [0, 0.1) is 5.92 Å². The van der Waals surface area contributed by atoms with Gasteiger partial charge < -0.3 is 15.2 Å². The van der Waals surface area contributed by atoms with Gasteiger partial charge >= 0.3 is 0 Å². The fourth-order valence-electron chi connectivity index (χ4n) is 2.53. The van der Waals surface area contributed by atoms with Crippen LogP contribution in [0.25, 0.3) is 0 Å². The Hall–Kier alpha value is -0.900. The highest BCUT2D eigenvalue weighted by atomic mass is 16.5. The second-order valence-corrected chi connectivity index (χ2v) is 5.58. The molecule has 3 heteroatoms. The Labute approximate surface area is 123 Å². The van der Waals surface area contributed by atoms with Gasteiger partial charge in [0.15, 0.2) is 0 Å². The number of hydrogen-bond donors (Lipinski definition) is 2. The molecule has 1 aromatic rings. The summed E-state index contributed by atoms with van der Waals surface area (Å²) in [5, 5.41) is 13.1. The Morgan fingerprint density at radius 1 is 1.30 bits per heavy atom. The molecule has 0 aliphatic heterocycles. The lowest BCUT2D eigenvalue weighted by Gasteiger charge is -2.32. The van der Waals surface area contributed by atoms with Gasteiger partial charge in [-0.25, -0.2) is 0 Å². The van der Waals surface area contributed by atoms with Gasteiger partial charge in [0.2, 0.25) is 0 Å². The van der Waals surface area contributed by atoms with Crippen molar-refractivity contribution in [3.05, 3.63) is 35.9 Å². The standard InChI is InChI=1S/C17H29NO2/c1-4-8-15(2)13-20-12-11-17(14-19,18-3)16-9-6-5-7-10-16/h5-7,9-10,15,18-19H,4,8,11-14H2,1-3H3. The summed E-state index contributed by atoms with van der Waals surface area (Å²) in [5.74, 6) is 0.606. The van der Waals surface area contributed by atoms with E-state index < -0.39 is 5.54 Å². The molecule has 0 fully saturated rings. The van der Waals surface area contributed by atoms with Gasteiger partial charge in [-0.2, -0.15) is 0 Å². The Kier molecular flexibility index (Phi) is 7.82. The van der Waals surface area contributed by atoms with E-state index in [9.17, 15) is 5.11 Å². The van der Waals surface area contributed by atoms with E-state index in [2.05, 4.69) is 19.2 Å². The summed E-state index contributed by atoms with van der Waals surface area (Å²) >= 11 is 0. The van der Waals surface area contributed by atoms with Crippen molar-refractivity contribution in [1.29, 1.82) is 0 Å². The zero-order chi connectivity index (χ0) is 14.8. The van der Waals surface area contributed by atoms with Crippen molar-refractivity contribution in [3.63, 3.8) is 0 Å². The lowest BCUT2D eigenvalue weighted by atomic mass is 9.88. The maximum absolute atomic E-state index is 9.80. The first-order chi connectivity index (χ1) is 9.68. The first-order valence-corrected chi connectivity index (χ1v) is 7.61. The lowest BCUT2D eigenvalue weighted by Crippen LogP contribution is -2.44. The van der Waals surface area contributed by atoms with Crippen molar-refractivity contribution < 1.29 is 9.84 Å². The largest absolute Gasteiger partial charge is 0.394 e. The third-order valence-corrected chi connectivity index (χ3v) is 3.93. The molecule has 0 spiro atoms. The van der Waals surface area contributed by atoms with Crippen LogP contribution in [0.1, 0.15) is 38.7 Å². The topological polar surface area (TPSA) is 41.5 Å². The number of aliphatic hydroxyl groups is 1. The molecule has 0 aromatic heterocycles. The molecule has 114 valence electrons. The summed E-state index contributed by atoms with van der Waals surface area (Å²) in [6.45, 7) is 5.95. The Morgan fingerprint density at radius 3 is 2.55 bits per heavy atom. The van der Waals surface area contributed by atoms with E-state index in [0.29, 0.717) is 12.5 Å². The summed E-state index contributed by atoms with van der Waals surface area (Å²) in [4.78, 5) is 0. The van der Waals surface area contributed by atoms with Crippen LogP contribution in [-0.4, -0.2) is 32.0 Å². The van der Waals surface area contributed by atoms with Crippen molar-refractivity contribution in [2.75, 3.05) is 26.9 Å². The van der Waals surface area contributed by atoms with E-state index in [1.807, 2.05) is 37.4 Å². The maximum Gasteiger partial charge on any atom is 0.0688 e. The summed E-state index contributed by atoms with van der Waals surface area (Å²) < 4.78 is 5.78. The Morgan fingerprint density at radius 2 is 2.00 bits per heavy atom. The lowest BCUT2D eigenvalue weighted by molar-refractivity contribution is 0.0644. The number of nitrogens with one attached hydrogen (secondary N) is 1. The molecule has 3 nitrogen and oxygen atoms in total. The third kappa shape index (κ3) is 4.89.